The summed E-state index contributed by atoms with van der Waals surface area (Å²) in [7, 11) is -3.18. The van der Waals surface area contributed by atoms with Gasteiger partial charge in [-0.2, -0.15) is 0 Å². The molecule has 1 atom stereocenters. The summed E-state index contributed by atoms with van der Waals surface area (Å²) in [5.74, 6) is 0.118. The molecule has 2 aromatic carbocycles. The maximum Gasteiger partial charge on any atom is 0.244 e. The molecule has 160 valence electrons. The van der Waals surface area contributed by atoms with E-state index in [0.717, 1.165) is 11.8 Å². The number of hydrogen-bond acceptors (Lipinski definition) is 6. The average molecular weight is 449 g/mol. The third kappa shape index (κ3) is 8.73. The summed E-state index contributed by atoms with van der Waals surface area (Å²) in [6.07, 6.45) is 4.46. The largest absolute Gasteiger partial charge is 0.491 e. The van der Waals surface area contributed by atoms with Crippen LogP contribution in [0.2, 0.25) is 0 Å². The molecule has 0 fully saturated rings. The van der Waals surface area contributed by atoms with E-state index in [2.05, 4.69) is 5.32 Å². The van der Waals surface area contributed by atoms with Crippen LogP contribution in [-0.2, 0) is 14.6 Å². The molecule has 0 saturated carbocycles. The second-order valence-electron chi connectivity index (χ2n) is 6.64. The standard InChI is InChI=1S/C21H24N2O5S2/c1-30(26,27)14-13-18(22-20(24)12-7-16-5-3-2-4-6-16)15-28-19-10-8-17(9-11-19)21(29)23-25/h2-12,18,25H,13-15H2,1H3,(H,22,24)(H,23,29)/t18-/m1/s1. The minimum absolute atomic E-state index is 0.0704. The zero-order valence-corrected chi connectivity index (χ0v) is 18.1. The molecule has 0 heterocycles. The molecule has 2 rings (SSSR count). The van der Waals surface area contributed by atoms with Gasteiger partial charge in [0.05, 0.1) is 11.8 Å². The van der Waals surface area contributed by atoms with Crippen LogP contribution in [0.1, 0.15) is 17.5 Å². The third-order valence-corrected chi connectivity index (χ3v) is 5.38. The van der Waals surface area contributed by atoms with Crippen molar-refractivity contribution in [2.24, 2.45) is 0 Å². The fraction of sp³-hybridized carbons (Fsp3) is 0.238. The van der Waals surface area contributed by atoms with E-state index in [4.69, 9.17) is 22.2 Å². The van der Waals surface area contributed by atoms with E-state index < -0.39 is 15.9 Å². The number of hydroxylamine groups is 1. The summed E-state index contributed by atoms with van der Waals surface area (Å²) in [5, 5.41) is 11.6. The molecule has 0 saturated heterocycles. The number of thiocarbonyl (C=S) groups is 1. The van der Waals surface area contributed by atoms with Gasteiger partial charge in [0.1, 0.15) is 27.2 Å². The summed E-state index contributed by atoms with van der Waals surface area (Å²) >= 11 is 4.94. The minimum atomic E-state index is -3.18. The van der Waals surface area contributed by atoms with E-state index in [0.29, 0.717) is 11.3 Å². The van der Waals surface area contributed by atoms with Crippen LogP contribution in [0.15, 0.2) is 60.7 Å². The predicted octanol–water partition coefficient (Wildman–Crippen LogP) is 2.35. The van der Waals surface area contributed by atoms with Crippen LogP contribution < -0.4 is 15.5 Å². The summed E-state index contributed by atoms with van der Waals surface area (Å²) < 4.78 is 28.8. The quantitative estimate of drug-likeness (QED) is 0.291. The lowest BCUT2D eigenvalue weighted by molar-refractivity contribution is -0.117. The molecule has 30 heavy (non-hydrogen) atoms. The number of hydrogen-bond donors (Lipinski definition) is 3. The van der Waals surface area contributed by atoms with Crippen molar-refractivity contribution in [1.29, 1.82) is 0 Å². The smallest absolute Gasteiger partial charge is 0.244 e. The van der Waals surface area contributed by atoms with Gasteiger partial charge in [-0.1, -0.05) is 42.5 Å². The molecule has 7 nitrogen and oxygen atoms in total. The van der Waals surface area contributed by atoms with E-state index in [9.17, 15) is 13.2 Å². The number of amides is 1. The first-order valence-corrected chi connectivity index (χ1v) is 11.6. The Morgan fingerprint density at radius 1 is 1.17 bits per heavy atom. The molecule has 0 aliphatic rings. The highest BCUT2D eigenvalue weighted by atomic mass is 32.2. The van der Waals surface area contributed by atoms with Crippen LogP contribution in [0.3, 0.4) is 0 Å². The Kier molecular flexibility index (Phi) is 8.97. The molecule has 3 N–H and O–H groups in total. The summed E-state index contributed by atoms with van der Waals surface area (Å²) in [5.41, 5.74) is 3.41. The van der Waals surface area contributed by atoms with Crippen LogP contribution >= 0.6 is 12.2 Å². The van der Waals surface area contributed by atoms with Crippen molar-refractivity contribution in [1.82, 2.24) is 10.8 Å². The highest BCUT2D eigenvalue weighted by Gasteiger charge is 2.15. The lowest BCUT2D eigenvalue weighted by atomic mass is 10.2. The third-order valence-electron chi connectivity index (χ3n) is 4.08. The van der Waals surface area contributed by atoms with Crippen LogP contribution in [0.5, 0.6) is 5.75 Å². The van der Waals surface area contributed by atoms with Gasteiger partial charge in [-0.25, -0.2) is 8.42 Å². The number of rotatable bonds is 10. The predicted molar refractivity (Wildman–Crippen MR) is 120 cm³/mol. The Bertz CT molecular complexity index is 974. The lowest BCUT2D eigenvalue weighted by Crippen LogP contribution is -2.39. The van der Waals surface area contributed by atoms with Crippen molar-refractivity contribution < 1.29 is 23.2 Å². The minimum Gasteiger partial charge on any atom is -0.491 e. The van der Waals surface area contributed by atoms with E-state index in [1.54, 1.807) is 30.3 Å². The number of carbonyl (C=O) groups is 1. The van der Waals surface area contributed by atoms with Crippen LogP contribution in [0, 0.1) is 0 Å². The van der Waals surface area contributed by atoms with Crippen molar-refractivity contribution in [2.75, 3.05) is 18.6 Å². The molecular weight excluding hydrogens is 424 g/mol. The van der Waals surface area contributed by atoms with Crippen molar-refractivity contribution >= 4 is 39.0 Å². The Morgan fingerprint density at radius 2 is 1.83 bits per heavy atom. The second kappa shape index (κ2) is 11.4. The van der Waals surface area contributed by atoms with Crippen LogP contribution in [-0.4, -0.2) is 49.2 Å². The van der Waals surface area contributed by atoms with Gasteiger partial charge < -0.3 is 10.1 Å². The molecule has 0 aromatic heterocycles. The van der Waals surface area contributed by atoms with Gasteiger partial charge in [0.2, 0.25) is 5.91 Å². The first-order chi connectivity index (χ1) is 14.3. The van der Waals surface area contributed by atoms with Gasteiger partial charge in [-0.05, 0) is 42.3 Å². The van der Waals surface area contributed by atoms with Gasteiger partial charge in [0, 0.05) is 17.9 Å². The van der Waals surface area contributed by atoms with Gasteiger partial charge in [0.25, 0.3) is 0 Å². The zero-order chi connectivity index (χ0) is 22.0. The van der Waals surface area contributed by atoms with E-state index in [1.807, 2.05) is 35.8 Å². The van der Waals surface area contributed by atoms with Gasteiger partial charge >= 0.3 is 0 Å². The highest BCUT2D eigenvalue weighted by Crippen LogP contribution is 2.13. The molecule has 1 amide bonds. The number of carbonyl (C=O) groups excluding carboxylic acids is 1. The summed E-state index contributed by atoms with van der Waals surface area (Å²) in [6.45, 7) is 0.0997. The Morgan fingerprint density at radius 3 is 2.43 bits per heavy atom. The fourth-order valence-corrected chi connectivity index (χ4v) is 3.35. The fourth-order valence-electron chi connectivity index (χ4n) is 2.50. The SMILES string of the molecule is CS(=O)(=O)CC[C@H](COc1ccc(C(=S)NO)cc1)NC(=O)C=Cc1ccccc1. The molecule has 9 heteroatoms. The molecule has 0 spiro atoms. The second-order valence-corrected chi connectivity index (χ2v) is 9.31. The molecule has 0 bridgehead atoms. The molecule has 0 unspecified atom stereocenters. The van der Waals surface area contributed by atoms with Gasteiger partial charge in [-0.3, -0.25) is 15.5 Å². The maximum absolute atomic E-state index is 12.3. The Hall–Kier alpha value is -2.75. The zero-order valence-electron chi connectivity index (χ0n) is 16.4. The lowest BCUT2D eigenvalue weighted by Gasteiger charge is -2.18. The van der Waals surface area contributed by atoms with E-state index in [1.165, 1.54) is 6.08 Å². The number of sulfone groups is 1. The van der Waals surface area contributed by atoms with E-state index >= 15 is 0 Å². The number of ether oxygens (including phenoxy) is 1. The Labute approximate surface area is 181 Å². The summed E-state index contributed by atoms with van der Waals surface area (Å²) in [4.78, 5) is 12.5. The number of nitrogens with one attached hydrogen (secondary N) is 2. The topological polar surface area (TPSA) is 105 Å². The average Bonchev–Trinajstić information content (AvgIpc) is 2.74. The van der Waals surface area contributed by atoms with Crippen molar-refractivity contribution in [3.05, 3.63) is 71.8 Å². The number of benzene rings is 2. The Balaban J connectivity index is 1.98. The molecular formula is C21H24N2O5S2. The van der Waals surface area contributed by atoms with Crippen molar-refractivity contribution in [3.63, 3.8) is 0 Å². The van der Waals surface area contributed by atoms with Gasteiger partial charge in [0.15, 0.2) is 0 Å². The summed E-state index contributed by atoms with van der Waals surface area (Å²) in [6, 6.07) is 15.6. The van der Waals surface area contributed by atoms with Crippen molar-refractivity contribution in [2.45, 2.75) is 12.5 Å². The first kappa shape index (κ1) is 23.5. The normalized spacial score (nSPS) is 12.3. The van der Waals surface area contributed by atoms with Crippen LogP contribution in [0.25, 0.3) is 6.08 Å². The van der Waals surface area contributed by atoms with E-state index in [-0.39, 0.29) is 29.7 Å². The molecule has 0 aliphatic carbocycles. The first-order valence-electron chi connectivity index (χ1n) is 9.15. The molecule has 2 aromatic rings. The maximum atomic E-state index is 12.3. The van der Waals surface area contributed by atoms with Crippen molar-refractivity contribution in [3.8, 4) is 5.75 Å². The highest BCUT2D eigenvalue weighted by molar-refractivity contribution is 7.90. The molecule has 0 radical (unpaired) electrons. The van der Waals surface area contributed by atoms with Gasteiger partial charge in [-0.15, -0.1) is 0 Å². The monoisotopic (exact) mass is 448 g/mol. The van der Waals surface area contributed by atoms with Crippen LogP contribution in [0.4, 0.5) is 0 Å². The molecule has 0 aliphatic heterocycles.